The van der Waals surface area contributed by atoms with E-state index in [1.54, 1.807) is 13.0 Å². The average molecular weight is 313 g/mol. The van der Waals surface area contributed by atoms with Gasteiger partial charge in [-0.05, 0) is 32.4 Å². The molecule has 0 aliphatic heterocycles. The van der Waals surface area contributed by atoms with Crippen LogP contribution in [0.5, 0.6) is 5.75 Å². The van der Waals surface area contributed by atoms with Crippen molar-refractivity contribution in [3.8, 4) is 5.75 Å². The lowest BCUT2D eigenvalue weighted by Gasteiger charge is -2.18. The standard InChI is InChI=1S/C16H25ClN2O2/c1-11(2)8-9-19-16(20)12(3)21-15-13(10-18-4)6-5-7-14(15)17/h5-7,11-12,18H,8-10H2,1-4H3,(H,19,20). The number of carbonyl (C=O) groups is 1. The van der Waals surface area contributed by atoms with E-state index < -0.39 is 6.10 Å². The zero-order valence-corrected chi connectivity index (χ0v) is 14.0. The number of ether oxygens (including phenoxy) is 1. The van der Waals surface area contributed by atoms with Gasteiger partial charge in [0.05, 0.1) is 5.02 Å². The first-order valence-electron chi connectivity index (χ1n) is 7.32. The fourth-order valence-corrected chi connectivity index (χ4v) is 2.11. The van der Waals surface area contributed by atoms with Crippen molar-refractivity contribution in [3.63, 3.8) is 0 Å². The van der Waals surface area contributed by atoms with Gasteiger partial charge in [-0.25, -0.2) is 0 Å². The lowest BCUT2D eigenvalue weighted by atomic mass is 10.1. The Hall–Kier alpha value is -1.26. The largest absolute Gasteiger partial charge is 0.479 e. The molecule has 0 saturated heterocycles. The van der Waals surface area contributed by atoms with Crippen molar-refractivity contribution in [2.24, 2.45) is 5.92 Å². The Morgan fingerprint density at radius 2 is 2.05 bits per heavy atom. The van der Waals surface area contributed by atoms with Crippen LogP contribution in [0.25, 0.3) is 0 Å². The molecule has 1 unspecified atom stereocenters. The van der Waals surface area contributed by atoms with Gasteiger partial charge in [0.1, 0.15) is 5.75 Å². The van der Waals surface area contributed by atoms with Gasteiger partial charge >= 0.3 is 0 Å². The first-order valence-corrected chi connectivity index (χ1v) is 7.69. The highest BCUT2D eigenvalue weighted by Gasteiger charge is 2.17. The first kappa shape index (κ1) is 17.8. The molecule has 0 bridgehead atoms. The van der Waals surface area contributed by atoms with Gasteiger partial charge in [0, 0.05) is 18.7 Å². The summed E-state index contributed by atoms with van der Waals surface area (Å²) in [5.74, 6) is 1.01. The lowest BCUT2D eigenvalue weighted by Crippen LogP contribution is -2.37. The van der Waals surface area contributed by atoms with Crippen LogP contribution in [0.15, 0.2) is 18.2 Å². The number of carbonyl (C=O) groups excluding carboxylic acids is 1. The predicted molar refractivity (Wildman–Crippen MR) is 86.8 cm³/mol. The number of hydrogen-bond acceptors (Lipinski definition) is 3. The van der Waals surface area contributed by atoms with Crippen LogP contribution >= 0.6 is 11.6 Å². The van der Waals surface area contributed by atoms with Gasteiger partial charge in [-0.1, -0.05) is 37.6 Å². The number of hydrogen-bond donors (Lipinski definition) is 2. The highest BCUT2D eigenvalue weighted by Crippen LogP contribution is 2.29. The van der Waals surface area contributed by atoms with Crippen LogP contribution in [0.2, 0.25) is 5.02 Å². The van der Waals surface area contributed by atoms with Gasteiger partial charge in [0.2, 0.25) is 0 Å². The summed E-state index contributed by atoms with van der Waals surface area (Å²) in [5, 5.41) is 6.46. The number of rotatable bonds is 8. The Labute approximate surface area is 132 Å². The number of para-hydroxylation sites is 1. The first-order chi connectivity index (χ1) is 9.95. The van der Waals surface area contributed by atoms with E-state index in [-0.39, 0.29) is 5.91 Å². The molecule has 1 aromatic carbocycles. The Balaban J connectivity index is 2.65. The SMILES string of the molecule is CNCc1cccc(Cl)c1OC(C)C(=O)NCCC(C)C. The zero-order chi connectivity index (χ0) is 15.8. The molecule has 1 rings (SSSR count). The van der Waals surface area contributed by atoms with Crippen molar-refractivity contribution >= 4 is 17.5 Å². The van der Waals surface area contributed by atoms with Crippen molar-refractivity contribution in [3.05, 3.63) is 28.8 Å². The zero-order valence-electron chi connectivity index (χ0n) is 13.2. The van der Waals surface area contributed by atoms with Crippen LogP contribution in [0, 0.1) is 5.92 Å². The van der Waals surface area contributed by atoms with Crippen LogP contribution in [0.3, 0.4) is 0 Å². The second-order valence-electron chi connectivity index (χ2n) is 5.49. The van der Waals surface area contributed by atoms with Crippen molar-refractivity contribution in [2.75, 3.05) is 13.6 Å². The van der Waals surface area contributed by atoms with Crippen LogP contribution in [-0.2, 0) is 11.3 Å². The Morgan fingerprint density at radius 3 is 2.67 bits per heavy atom. The Kier molecular flexibility index (Phi) is 7.54. The minimum atomic E-state index is -0.576. The summed E-state index contributed by atoms with van der Waals surface area (Å²) in [7, 11) is 1.85. The molecule has 2 N–H and O–H groups in total. The molecule has 1 atom stereocenters. The summed E-state index contributed by atoms with van der Waals surface area (Å²) in [6, 6.07) is 5.57. The fraction of sp³-hybridized carbons (Fsp3) is 0.562. The highest BCUT2D eigenvalue weighted by atomic mass is 35.5. The highest BCUT2D eigenvalue weighted by molar-refractivity contribution is 6.32. The topological polar surface area (TPSA) is 50.4 Å². The minimum absolute atomic E-state index is 0.119. The molecule has 0 heterocycles. The molecule has 1 aromatic rings. The molecule has 0 aliphatic carbocycles. The quantitative estimate of drug-likeness (QED) is 0.776. The van der Waals surface area contributed by atoms with Gasteiger partial charge < -0.3 is 15.4 Å². The number of amides is 1. The summed E-state index contributed by atoms with van der Waals surface area (Å²) >= 11 is 6.18. The summed E-state index contributed by atoms with van der Waals surface area (Å²) < 4.78 is 5.76. The van der Waals surface area contributed by atoms with E-state index in [1.807, 2.05) is 19.2 Å². The van der Waals surface area contributed by atoms with Gasteiger partial charge in [0.15, 0.2) is 6.10 Å². The van der Waals surface area contributed by atoms with Crippen molar-refractivity contribution in [2.45, 2.75) is 39.8 Å². The second kappa shape index (κ2) is 8.90. The normalized spacial score (nSPS) is 12.3. The molecule has 0 fully saturated rings. The van der Waals surface area contributed by atoms with Crippen LogP contribution in [-0.4, -0.2) is 25.6 Å². The number of halogens is 1. The summed E-state index contributed by atoms with van der Waals surface area (Å²) in [5.41, 5.74) is 0.937. The lowest BCUT2D eigenvalue weighted by molar-refractivity contribution is -0.127. The molecule has 1 amide bonds. The predicted octanol–water partition coefficient (Wildman–Crippen LogP) is 2.99. The van der Waals surface area contributed by atoms with Crippen LogP contribution in [0.4, 0.5) is 0 Å². The maximum atomic E-state index is 12.0. The van der Waals surface area contributed by atoms with E-state index in [0.29, 0.717) is 29.8 Å². The van der Waals surface area contributed by atoms with Crippen LogP contribution in [0.1, 0.15) is 32.8 Å². The smallest absolute Gasteiger partial charge is 0.260 e. The molecule has 0 aliphatic rings. The van der Waals surface area contributed by atoms with Gasteiger partial charge in [0.25, 0.3) is 5.91 Å². The van der Waals surface area contributed by atoms with Crippen LogP contribution < -0.4 is 15.4 Å². The molecule has 0 saturated carbocycles. The second-order valence-corrected chi connectivity index (χ2v) is 5.90. The van der Waals surface area contributed by atoms with Gasteiger partial charge in [-0.2, -0.15) is 0 Å². The third-order valence-corrected chi connectivity index (χ3v) is 3.40. The molecule has 21 heavy (non-hydrogen) atoms. The Bertz CT molecular complexity index is 464. The summed E-state index contributed by atoms with van der Waals surface area (Å²) in [4.78, 5) is 12.0. The average Bonchev–Trinajstić information content (AvgIpc) is 2.42. The molecule has 0 aromatic heterocycles. The number of benzene rings is 1. The van der Waals surface area contributed by atoms with Gasteiger partial charge in [-0.15, -0.1) is 0 Å². The van der Waals surface area contributed by atoms with Crippen molar-refractivity contribution in [1.82, 2.24) is 10.6 Å². The third-order valence-electron chi connectivity index (χ3n) is 3.10. The third kappa shape index (κ3) is 5.94. The van der Waals surface area contributed by atoms with E-state index in [0.717, 1.165) is 12.0 Å². The van der Waals surface area contributed by atoms with Crippen molar-refractivity contribution < 1.29 is 9.53 Å². The summed E-state index contributed by atoms with van der Waals surface area (Å²) in [6.45, 7) is 7.28. The molecule has 118 valence electrons. The monoisotopic (exact) mass is 312 g/mol. The minimum Gasteiger partial charge on any atom is -0.479 e. The van der Waals surface area contributed by atoms with E-state index in [1.165, 1.54) is 0 Å². The maximum Gasteiger partial charge on any atom is 0.260 e. The molecular weight excluding hydrogens is 288 g/mol. The van der Waals surface area contributed by atoms with E-state index in [2.05, 4.69) is 24.5 Å². The van der Waals surface area contributed by atoms with Crippen molar-refractivity contribution in [1.29, 1.82) is 0 Å². The van der Waals surface area contributed by atoms with E-state index in [9.17, 15) is 4.79 Å². The molecule has 0 radical (unpaired) electrons. The summed E-state index contributed by atoms with van der Waals surface area (Å²) in [6.07, 6.45) is 0.378. The molecule has 5 heteroatoms. The molecule has 0 spiro atoms. The van der Waals surface area contributed by atoms with E-state index in [4.69, 9.17) is 16.3 Å². The maximum absolute atomic E-state index is 12.0. The molecule has 4 nitrogen and oxygen atoms in total. The molecular formula is C16H25ClN2O2. The Morgan fingerprint density at radius 1 is 1.33 bits per heavy atom. The van der Waals surface area contributed by atoms with E-state index >= 15 is 0 Å². The van der Waals surface area contributed by atoms with Gasteiger partial charge in [-0.3, -0.25) is 4.79 Å². The number of nitrogens with one attached hydrogen (secondary N) is 2. The fourth-order valence-electron chi connectivity index (χ4n) is 1.87.